The zero-order valence-electron chi connectivity index (χ0n) is 12.8. The van der Waals surface area contributed by atoms with Crippen LogP contribution in [-0.2, 0) is 9.84 Å². The monoisotopic (exact) mass is 302 g/mol. The second kappa shape index (κ2) is 7.76. The van der Waals surface area contributed by atoms with Gasteiger partial charge in [0, 0.05) is 19.1 Å². The van der Waals surface area contributed by atoms with Crippen molar-refractivity contribution in [2.45, 2.75) is 51.5 Å². The molecule has 4 nitrogen and oxygen atoms in total. The molecule has 118 valence electrons. The molecule has 0 aromatic rings. The molecule has 2 rings (SSSR count). The predicted molar refractivity (Wildman–Crippen MR) is 83.8 cm³/mol. The molecule has 5 heteroatoms. The number of rotatable bonds is 4. The van der Waals surface area contributed by atoms with Gasteiger partial charge in [0.15, 0.2) is 9.84 Å². The molecule has 1 aliphatic heterocycles. The Bertz CT molecular complexity index is 383. The summed E-state index contributed by atoms with van der Waals surface area (Å²) in [6, 6.07) is 0.627. The Balaban J connectivity index is 1.91. The van der Waals surface area contributed by atoms with Crippen molar-refractivity contribution >= 4 is 9.84 Å². The van der Waals surface area contributed by atoms with E-state index >= 15 is 0 Å². The predicted octanol–water partition coefficient (Wildman–Crippen LogP) is 1.67. The van der Waals surface area contributed by atoms with Gasteiger partial charge in [0.2, 0.25) is 0 Å². The summed E-state index contributed by atoms with van der Waals surface area (Å²) < 4.78 is 23.4. The standard InChI is InChI=1S/C15H30N2O2S/c1-2-16-15-8-5-3-4-7-14(15)13-17-9-6-11-20(18,19)12-10-17/h14-16H,2-13H2,1H3. The Morgan fingerprint density at radius 3 is 2.65 bits per heavy atom. The largest absolute Gasteiger partial charge is 0.314 e. The molecule has 1 heterocycles. The minimum atomic E-state index is -2.78. The van der Waals surface area contributed by atoms with Crippen LogP contribution in [0.3, 0.4) is 0 Å². The summed E-state index contributed by atoms with van der Waals surface area (Å²) in [5.74, 6) is 1.43. The Kier molecular flexibility index (Phi) is 6.30. The smallest absolute Gasteiger partial charge is 0.151 e. The van der Waals surface area contributed by atoms with Crippen LogP contribution < -0.4 is 5.32 Å². The van der Waals surface area contributed by atoms with Crippen molar-refractivity contribution in [3.05, 3.63) is 0 Å². The van der Waals surface area contributed by atoms with E-state index in [4.69, 9.17) is 0 Å². The van der Waals surface area contributed by atoms with Crippen LogP contribution in [0.5, 0.6) is 0 Å². The molecule has 0 bridgehead atoms. The highest BCUT2D eigenvalue weighted by Gasteiger charge is 2.27. The Morgan fingerprint density at radius 1 is 1.05 bits per heavy atom. The van der Waals surface area contributed by atoms with Gasteiger partial charge in [-0.3, -0.25) is 0 Å². The molecule has 0 aromatic heterocycles. The number of nitrogens with zero attached hydrogens (tertiary/aromatic N) is 1. The first kappa shape index (κ1) is 16.2. The molecule has 2 atom stereocenters. The van der Waals surface area contributed by atoms with Gasteiger partial charge in [-0.15, -0.1) is 0 Å². The van der Waals surface area contributed by atoms with Crippen LogP contribution in [0, 0.1) is 5.92 Å². The average Bonchev–Trinajstić information content (AvgIpc) is 2.71. The SMILES string of the molecule is CCNC1CCCCCC1CN1CCCS(=O)(=O)CC1. The van der Waals surface area contributed by atoms with E-state index in [-0.39, 0.29) is 0 Å². The molecule has 0 spiro atoms. The average molecular weight is 302 g/mol. The highest BCUT2D eigenvalue weighted by molar-refractivity contribution is 7.91. The van der Waals surface area contributed by atoms with Crippen LogP contribution in [0.15, 0.2) is 0 Å². The number of sulfone groups is 1. The number of hydrogen-bond donors (Lipinski definition) is 1. The lowest BCUT2D eigenvalue weighted by molar-refractivity contribution is 0.205. The molecule has 0 radical (unpaired) electrons. The van der Waals surface area contributed by atoms with Gasteiger partial charge in [0.05, 0.1) is 11.5 Å². The van der Waals surface area contributed by atoms with E-state index in [1.165, 1.54) is 32.1 Å². The van der Waals surface area contributed by atoms with Gasteiger partial charge in [-0.05, 0) is 38.3 Å². The minimum absolute atomic E-state index is 0.353. The van der Waals surface area contributed by atoms with Gasteiger partial charge in [0.1, 0.15) is 0 Å². The molecule has 1 saturated carbocycles. The van der Waals surface area contributed by atoms with Gasteiger partial charge in [0.25, 0.3) is 0 Å². The first-order valence-electron chi connectivity index (χ1n) is 8.27. The molecule has 1 saturated heterocycles. The maximum atomic E-state index is 11.7. The highest BCUT2D eigenvalue weighted by Crippen LogP contribution is 2.25. The van der Waals surface area contributed by atoms with E-state index in [0.717, 1.165) is 32.6 Å². The second-order valence-corrected chi connectivity index (χ2v) is 8.67. The van der Waals surface area contributed by atoms with E-state index < -0.39 is 9.84 Å². The van der Waals surface area contributed by atoms with E-state index in [0.29, 0.717) is 23.5 Å². The normalized spacial score (nSPS) is 32.5. The summed E-state index contributed by atoms with van der Waals surface area (Å²) in [6.45, 7) is 5.98. The van der Waals surface area contributed by atoms with Crippen LogP contribution in [0.2, 0.25) is 0 Å². The van der Waals surface area contributed by atoms with Crippen molar-refractivity contribution < 1.29 is 8.42 Å². The van der Waals surface area contributed by atoms with Gasteiger partial charge < -0.3 is 10.2 Å². The molecule has 0 amide bonds. The summed E-state index contributed by atoms with van der Waals surface area (Å²) in [5.41, 5.74) is 0. The van der Waals surface area contributed by atoms with Crippen molar-refractivity contribution in [3.63, 3.8) is 0 Å². The fraction of sp³-hybridized carbons (Fsp3) is 1.00. The summed E-state index contributed by atoms with van der Waals surface area (Å²) in [5, 5.41) is 3.65. The lowest BCUT2D eigenvalue weighted by atomic mass is 9.94. The number of hydrogen-bond acceptors (Lipinski definition) is 4. The molecular formula is C15H30N2O2S. The lowest BCUT2D eigenvalue weighted by Crippen LogP contribution is -2.42. The van der Waals surface area contributed by atoms with Gasteiger partial charge in [-0.2, -0.15) is 0 Å². The first-order chi connectivity index (χ1) is 9.61. The molecule has 2 fully saturated rings. The third-order valence-electron chi connectivity index (χ3n) is 4.77. The highest BCUT2D eigenvalue weighted by atomic mass is 32.2. The summed E-state index contributed by atoms with van der Waals surface area (Å²) in [4.78, 5) is 2.39. The zero-order chi connectivity index (χ0) is 14.4. The number of nitrogens with one attached hydrogen (secondary N) is 1. The molecule has 0 aromatic carbocycles. The van der Waals surface area contributed by atoms with Crippen LogP contribution in [0.25, 0.3) is 0 Å². The van der Waals surface area contributed by atoms with Crippen molar-refractivity contribution in [3.8, 4) is 0 Å². The molecule has 20 heavy (non-hydrogen) atoms. The van der Waals surface area contributed by atoms with Crippen LogP contribution in [-0.4, -0.2) is 57.0 Å². The zero-order valence-corrected chi connectivity index (χ0v) is 13.6. The molecule has 1 N–H and O–H groups in total. The molecule has 1 aliphatic carbocycles. The Morgan fingerprint density at radius 2 is 1.85 bits per heavy atom. The summed E-state index contributed by atoms with van der Waals surface area (Å²) >= 11 is 0. The maximum Gasteiger partial charge on any atom is 0.151 e. The van der Waals surface area contributed by atoms with Crippen molar-refractivity contribution in [1.29, 1.82) is 0 Å². The van der Waals surface area contributed by atoms with E-state index in [1.807, 2.05) is 0 Å². The third-order valence-corrected chi connectivity index (χ3v) is 6.48. The quantitative estimate of drug-likeness (QED) is 0.803. The molecule has 2 unspecified atom stereocenters. The first-order valence-corrected chi connectivity index (χ1v) is 10.1. The minimum Gasteiger partial charge on any atom is -0.314 e. The Labute approximate surface area is 124 Å². The third kappa shape index (κ3) is 5.01. The fourth-order valence-corrected chi connectivity index (χ4v) is 4.95. The van der Waals surface area contributed by atoms with Gasteiger partial charge in [-0.1, -0.05) is 26.2 Å². The van der Waals surface area contributed by atoms with Crippen molar-refractivity contribution in [2.24, 2.45) is 5.92 Å². The van der Waals surface area contributed by atoms with Crippen LogP contribution >= 0.6 is 0 Å². The van der Waals surface area contributed by atoms with E-state index in [9.17, 15) is 8.42 Å². The van der Waals surface area contributed by atoms with E-state index in [2.05, 4.69) is 17.1 Å². The topological polar surface area (TPSA) is 49.4 Å². The summed E-state index contributed by atoms with van der Waals surface area (Å²) in [7, 11) is -2.78. The van der Waals surface area contributed by atoms with E-state index in [1.54, 1.807) is 0 Å². The summed E-state index contributed by atoms with van der Waals surface area (Å²) in [6.07, 6.45) is 7.40. The Hall–Kier alpha value is -0.130. The van der Waals surface area contributed by atoms with Gasteiger partial charge >= 0.3 is 0 Å². The fourth-order valence-electron chi connectivity index (χ4n) is 3.64. The van der Waals surface area contributed by atoms with Crippen molar-refractivity contribution in [1.82, 2.24) is 10.2 Å². The molecule has 2 aliphatic rings. The lowest BCUT2D eigenvalue weighted by Gasteiger charge is -2.31. The molecular weight excluding hydrogens is 272 g/mol. The maximum absolute atomic E-state index is 11.7. The van der Waals surface area contributed by atoms with Crippen molar-refractivity contribution in [2.75, 3.05) is 37.7 Å². The van der Waals surface area contributed by atoms with Crippen LogP contribution in [0.4, 0.5) is 0 Å². The van der Waals surface area contributed by atoms with Gasteiger partial charge in [-0.25, -0.2) is 8.42 Å². The van der Waals surface area contributed by atoms with Crippen LogP contribution in [0.1, 0.15) is 45.4 Å². The second-order valence-electron chi connectivity index (χ2n) is 6.37.